The molecule has 0 fully saturated rings. The van der Waals surface area contributed by atoms with Crippen LogP contribution < -0.4 is 4.80 Å². The van der Waals surface area contributed by atoms with Crippen molar-refractivity contribution in [2.24, 2.45) is 4.99 Å². The molecule has 4 rings (SSSR count). The number of halogens is 3. The van der Waals surface area contributed by atoms with Crippen molar-refractivity contribution in [2.75, 3.05) is 7.11 Å². The Morgan fingerprint density at radius 2 is 1.93 bits per heavy atom. The second-order valence-corrected chi connectivity index (χ2v) is 8.38. The maximum Gasteiger partial charge on any atom is 0.325 e. The highest BCUT2D eigenvalue weighted by atomic mass is 35.5. The maximum atomic E-state index is 14.4. The minimum Gasteiger partial charge on any atom is -0.468 e. The number of methoxy groups -OCH3 is 1. The number of carbonyl (C=O) groups excluding carboxylic acids is 2. The standard InChI is InChI=1S/C19H11ClF2N2O3S2/c1-27-14(25)8-24-16-11(22)6-9(21)7-13(16)29-19(24)23-18(26)17-15(20)10-4-2-3-5-12(10)28-17/h2-7H,8H2,1H3. The molecule has 0 spiro atoms. The van der Waals surface area contributed by atoms with Crippen LogP contribution in [0.15, 0.2) is 41.4 Å². The number of esters is 1. The molecule has 0 aliphatic heterocycles. The number of thiazole rings is 1. The van der Waals surface area contributed by atoms with Crippen molar-refractivity contribution in [1.29, 1.82) is 0 Å². The van der Waals surface area contributed by atoms with Gasteiger partial charge in [0.25, 0.3) is 5.91 Å². The van der Waals surface area contributed by atoms with Gasteiger partial charge < -0.3 is 9.30 Å². The third-order valence-electron chi connectivity index (χ3n) is 4.14. The van der Waals surface area contributed by atoms with Crippen LogP contribution in [-0.4, -0.2) is 23.6 Å². The number of fused-ring (bicyclic) bond motifs is 2. The van der Waals surface area contributed by atoms with E-state index in [0.717, 1.165) is 27.5 Å². The van der Waals surface area contributed by atoms with Crippen molar-refractivity contribution in [3.8, 4) is 0 Å². The zero-order chi connectivity index (χ0) is 20.7. The zero-order valence-corrected chi connectivity index (χ0v) is 17.1. The summed E-state index contributed by atoms with van der Waals surface area (Å²) < 4.78 is 34.9. The second kappa shape index (κ2) is 7.66. The van der Waals surface area contributed by atoms with Gasteiger partial charge in [0.1, 0.15) is 17.2 Å². The van der Waals surface area contributed by atoms with Gasteiger partial charge >= 0.3 is 5.97 Å². The molecule has 10 heteroatoms. The van der Waals surface area contributed by atoms with Crippen molar-refractivity contribution in [3.63, 3.8) is 0 Å². The lowest BCUT2D eigenvalue weighted by Crippen LogP contribution is -2.22. The Balaban J connectivity index is 1.91. The van der Waals surface area contributed by atoms with Gasteiger partial charge in [0.2, 0.25) is 0 Å². The summed E-state index contributed by atoms with van der Waals surface area (Å²) in [5.74, 6) is -2.94. The molecule has 0 unspecified atom stereocenters. The summed E-state index contributed by atoms with van der Waals surface area (Å²) in [5, 5.41) is 1.00. The number of benzene rings is 2. The molecule has 5 nitrogen and oxygen atoms in total. The SMILES string of the molecule is COC(=O)Cn1c(=NC(=O)c2sc3ccccc3c2Cl)sc2cc(F)cc(F)c21. The summed E-state index contributed by atoms with van der Waals surface area (Å²) >= 11 is 8.40. The molecule has 0 atom stereocenters. The Morgan fingerprint density at radius 1 is 1.17 bits per heavy atom. The van der Waals surface area contributed by atoms with Crippen LogP contribution in [0.25, 0.3) is 20.3 Å². The van der Waals surface area contributed by atoms with Crippen LogP contribution >= 0.6 is 34.3 Å². The first kappa shape index (κ1) is 19.7. The Bertz CT molecular complexity index is 1360. The Morgan fingerprint density at radius 3 is 2.66 bits per heavy atom. The van der Waals surface area contributed by atoms with E-state index in [1.165, 1.54) is 23.0 Å². The molecule has 0 aliphatic carbocycles. The summed E-state index contributed by atoms with van der Waals surface area (Å²) in [5.41, 5.74) is -0.0317. The summed E-state index contributed by atoms with van der Waals surface area (Å²) in [6.45, 7) is -0.384. The molecule has 0 aliphatic rings. The number of hydrogen-bond donors (Lipinski definition) is 0. The lowest BCUT2D eigenvalue weighted by Gasteiger charge is -2.04. The topological polar surface area (TPSA) is 60.7 Å². The maximum absolute atomic E-state index is 14.4. The van der Waals surface area contributed by atoms with Gasteiger partial charge in [-0.1, -0.05) is 41.1 Å². The molecule has 0 N–H and O–H groups in total. The van der Waals surface area contributed by atoms with E-state index in [1.54, 1.807) is 12.1 Å². The summed E-state index contributed by atoms with van der Waals surface area (Å²) in [6.07, 6.45) is 0. The first-order chi connectivity index (χ1) is 13.9. The number of aromatic nitrogens is 1. The van der Waals surface area contributed by atoms with Gasteiger partial charge in [-0.05, 0) is 12.1 Å². The van der Waals surface area contributed by atoms with Gasteiger partial charge in [0.05, 0.1) is 22.3 Å². The lowest BCUT2D eigenvalue weighted by molar-refractivity contribution is -0.141. The van der Waals surface area contributed by atoms with Gasteiger partial charge in [-0.15, -0.1) is 11.3 Å². The fourth-order valence-electron chi connectivity index (χ4n) is 2.84. The highest BCUT2D eigenvalue weighted by Crippen LogP contribution is 2.35. The minimum atomic E-state index is -0.867. The van der Waals surface area contributed by atoms with Crippen molar-refractivity contribution in [1.82, 2.24) is 4.57 Å². The number of carbonyl (C=O) groups is 2. The summed E-state index contributed by atoms with van der Waals surface area (Å²) in [7, 11) is 1.19. The summed E-state index contributed by atoms with van der Waals surface area (Å²) in [4.78, 5) is 28.9. The van der Waals surface area contributed by atoms with Crippen molar-refractivity contribution in [3.05, 3.63) is 62.7 Å². The van der Waals surface area contributed by atoms with E-state index in [1.807, 2.05) is 12.1 Å². The van der Waals surface area contributed by atoms with Crippen LogP contribution in [0.1, 0.15) is 9.67 Å². The van der Waals surface area contributed by atoms with Crippen molar-refractivity contribution >= 4 is 66.5 Å². The molecule has 0 bridgehead atoms. The molecule has 29 heavy (non-hydrogen) atoms. The monoisotopic (exact) mass is 452 g/mol. The van der Waals surface area contributed by atoms with Gasteiger partial charge in [-0.25, -0.2) is 8.78 Å². The number of hydrogen-bond acceptors (Lipinski definition) is 5. The van der Waals surface area contributed by atoms with Crippen LogP contribution in [0.5, 0.6) is 0 Å². The van der Waals surface area contributed by atoms with Gasteiger partial charge in [0, 0.05) is 16.2 Å². The van der Waals surface area contributed by atoms with E-state index in [9.17, 15) is 18.4 Å². The predicted molar refractivity (Wildman–Crippen MR) is 108 cm³/mol. The highest BCUT2D eigenvalue weighted by Gasteiger charge is 2.19. The second-order valence-electron chi connectivity index (χ2n) is 5.94. The minimum absolute atomic E-state index is 0.0317. The third-order valence-corrected chi connectivity index (χ3v) is 6.83. The van der Waals surface area contributed by atoms with Gasteiger partial charge in [-0.3, -0.25) is 9.59 Å². The Labute approximate surface area is 175 Å². The van der Waals surface area contributed by atoms with Crippen LogP contribution in [0.4, 0.5) is 8.78 Å². The average molecular weight is 453 g/mol. The predicted octanol–water partition coefficient (Wildman–Crippen LogP) is 4.76. The molecule has 2 heterocycles. The smallest absolute Gasteiger partial charge is 0.325 e. The molecule has 0 saturated carbocycles. The average Bonchev–Trinajstić information content (AvgIpc) is 3.19. The largest absolute Gasteiger partial charge is 0.468 e. The number of rotatable bonds is 3. The normalized spacial score (nSPS) is 12.1. The van der Waals surface area contributed by atoms with E-state index in [-0.39, 0.29) is 31.5 Å². The van der Waals surface area contributed by atoms with Crippen LogP contribution in [0, 0.1) is 11.6 Å². The zero-order valence-electron chi connectivity index (χ0n) is 14.7. The number of ether oxygens (including phenoxy) is 1. The van der Waals surface area contributed by atoms with E-state index in [0.29, 0.717) is 6.07 Å². The first-order valence-corrected chi connectivity index (χ1v) is 10.2. The molecular formula is C19H11ClF2N2O3S2. The Kier molecular flexibility index (Phi) is 5.20. The molecule has 0 radical (unpaired) electrons. The van der Waals surface area contributed by atoms with Gasteiger partial charge in [-0.2, -0.15) is 4.99 Å². The van der Waals surface area contributed by atoms with E-state index in [2.05, 4.69) is 9.73 Å². The van der Waals surface area contributed by atoms with Crippen LogP contribution in [-0.2, 0) is 16.1 Å². The highest BCUT2D eigenvalue weighted by molar-refractivity contribution is 7.21. The third kappa shape index (κ3) is 3.57. The first-order valence-electron chi connectivity index (χ1n) is 8.20. The molecule has 2 aromatic heterocycles. The molecule has 1 amide bonds. The van der Waals surface area contributed by atoms with Crippen molar-refractivity contribution < 1.29 is 23.1 Å². The number of thiophene rings is 1. The van der Waals surface area contributed by atoms with E-state index >= 15 is 0 Å². The van der Waals surface area contributed by atoms with E-state index < -0.39 is 23.5 Å². The quantitative estimate of drug-likeness (QED) is 0.421. The fraction of sp³-hybridized carbons (Fsp3) is 0.105. The molecule has 2 aromatic carbocycles. The van der Waals surface area contributed by atoms with Crippen LogP contribution in [0.3, 0.4) is 0 Å². The van der Waals surface area contributed by atoms with Gasteiger partial charge in [0.15, 0.2) is 10.6 Å². The van der Waals surface area contributed by atoms with Crippen molar-refractivity contribution in [2.45, 2.75) is 6.54 Å². The summed E-state index contributed by atoms with van der Waals surface area (Å²) in [6, 6.07) is 9.08. The van der Waals surface area contributed by atoms with Crippen LogP contribution in [0.2, 0.25) is 5.02 Å². The molecule has 4 aromatic rings. The lowest BCUT2D eigenvalue weighted by atomic mass is 10.2. The fourth-order valence-corrected chi connectivity index (χ4v) is 5.31. The number of nitrogens with zero attached hydrogens (tertiary/aromatic N) is 2. The van der Waals surface area contributed by atoms with E-state index in [4.69, 9.17) is 11.6 Å². The molecular weight excluding hydrogens is 442 g/mol. The molecule has 0 saturated heterocycles. The Hall–Kier alpha value is -2.62. The number of amides is 1. The molecule has 148 valence electrons.